The van der Waals surface area contributed by atoms with E-state index in [-0.39, 0.29) is 31.1 Å². The zero-order valence-corrected chi connectivity index (χ0v) is 20.8. The highest BCUT2D eigenvalue weighted by Crippen LogP contribution is 2.43. The van der Waals surface area contributed by atoms with Crippen LogP contribution in [-0.2, 0) is 22.4 Å². The predicted octanol–water partition coefficient (Wildman–Crippen LogP) is 4.16. The molecule has 36 heavy (non-hydrogen) atoms. The summed E-state index contributed by atoms with van der Waals surface area (Å²) in [5, 5.41) is 12.1. The van der Waals surface area contributed by atoms with Crippen LogP contribution < -0.4 is 20.4 Å². The van der Waals surface area contributed by atoms with Crippen LogP contribution in [0, 0.1) is 6.92 Å². The van der Waals surface area contributed by atoms with Gasteiger partial charge in [0.15, 0.2) is 6.61 Å². The molecule has 1 amide bonds. The van der Waals surface area contributed by atoms with Crippen molar-refractivity contribution in [1.82, 2.24) is 5.32 Å². The second-order valence-corrected chi connectivity index (χ2v) is 9.71. The van der Waals surface area contributed by atoms with Crippen LogP contribution >= 0.6 is 0 Å². The van der Waals surface area contributed by atoms with Crippen molar-refractivity contribution in [3.63, 3.8) is 0 Å². The van der Waals surface area contributed by atoms with Crippen LogP contribution in [0.2, 0.25) is 0 Å². The van der Waals surface area contributed by atoms with Gasteiger partial charge in [0.1, 0.15) is 22.7 Å². The second kappa shape index (κ2) is 10.4. The number of rotatable bonds is 9. The quantitative estimate of drug-likeness (QED) is 0.340. The number of aliphatic carboxylic acids is 1. The molecule has 0 aliphatic carbocycles. The summed E-state index contributed by atoms with van der Waals surface area (Å²) in [5.74, 6) is -0.300. The summed E-state index contributed by atoms with van der Waals surface area (Å²) < 4.78 is 18.0. The van der Waals surface area contributed by atoms with Gasteiger partial charge in [-0.3, -0.25) is 9.59 Å². The van der Waals surface area contributed by atoms with E-state index in [4.69, 9.17) is 19.0 Å². The molecule has 2 N–H and O–H groups in total. The maximum Gasteiger partial charge on any atom is 0.340 e. The van der Waals surface area contributed by atoms with Crippen molar-refractivity contribution >= 4 is 22.8 Å². The van der Waals surface area contributed by atoms with Gasteiger partial charge in [0.05, 0.1) is 5.39 Å². The molecule has 0 radical (unpaired) electrons. The minimum absolute atomic E-state index is 0.0217. The van der Waals surface area contributed by atoms with E-state index in [1.165, 1.54) is 0 Å². The topological polar surface area (TPSA) is 115 Å². The van der Waals surface area contributed by atoms with Crippen LogP contribution in [-0.4, -0.2) is 35.7 Å². The van der Waals surface area contributed by atoms with Crippen molar-refractivity contribution < 1.29 is 28.6 Å². The van der Waals surface area contributed by atoms with Gasteiger partial charge in [0, 0.05) is 36.6 Å². The normalized spacial score (nSPS) is 14.1. The number of hydrogen-bond acceptors (Lipinski definition) is 6. The summed E-state index contributed by atoms with van der Waals surface area (Å²) >= 11 is 0. The number of benzene rings is 2. The standard InChI is InChI=1S/C28H31NO7/c1-17-20(14-18-8-5-4-6-9-18)27(33)35-26-19-11-12-28(2,3)36-21(19)15-22(25(17)26)34-16-23(30)29-13-7-10-24(31)32/h4-6,8-9,15H,7,10-14,16H2,1-3H3,(H,29,30)(H,31,32). The van der Waals surface area contributed by atoms with E-state index >= 15 is 0 Å². The first-order chi connectivity index (χ1) is 17.1. The molecular weight excluding hydrogens is 462 g/mol. The van der Waals surface area contributed by atoms with Crippen molar-refractivity contribution in [2.45, 2.75) is 58.5 Å². The molecule has 0 saturated heterocycles. The monoisotopic (exact) mass is 493 g/mol. The molecule has 0 unspecified atom stereocenters. The van der Waals surface area contributed by atoms with Crippen LogP contribution in [0.15, 0.2) is 45.6 Å². The number of hydrogen-bond donors (Lipinski definition) is 2. The molecule has 1 aliphatic heterocycles. The lowest BCUT2D eigenvalue weighted by Crippen LogP contribution is -2.33. The average molecular weight is 494 g/mol. The van der Waals surface area contributed by atoms with Gasteiger partial charge in [-0.1, -0.05) is 30.3 Å². The Labute approximate surface area is 209 Å². The number of ether oxygens (including phenoxy) is 2. The Kier molecular flexibility index (Phi) is 7.33. The summed E-state index contributed by atoms with van der Waals surface area (Å²) in [6, 6.07) is 11.5. The number of fused-ring (bicyclic) bond motifs is 3. The number of carbonyl (C=O) groups is 2. The molecule has 0 atom stereocenters. The molecule has 8 nitrogen and oxygen atoms in total. The highest BCUT2D eigenvalue weighted by Gasteiger charge is 2.31. The lowest BCUT2D eigenvalue weighted by Gasteiger charge is -2.33. The molecule has 1 aliphatic rings. The molecule has 1 aromatic heterocycles. The lowest BCUT2D eigenvalue weighted by atomic mass is 9.91. The van der Waals surface area contributed by atoms with E-state index in [2.05, 4.69) is 5.32 Å². The highest BCUT2D eigenvalue weighted by molar-refractivity contribution is 5.92. The third-order valence-corrected chi connectivity index (χ3v) is 6.41. The number of nitrogens with one attached hydrogen (secondary N) is 1. The van der Waals surface area contributed by atoms with Gasteiger partial charge < -0.3 is 24.3 Å². The Morgan fingerprint density at radius 3 is 2.67 bits per heavy atom. The first kappa shape index (κ1) is 25.3. The third kappa shape index (κ3) is 5.70. The van der Waals surface area contributed by atoms with E-state index in [0.29, 0.717) is 47.3 Å². The fraction of sp³-hybridized carbons (Fsp3) is 0.393. The fourth-order valence-electron chi connectivity index (χ4n) is 4.46. The zero-order chi connectivity index (χ0) is 25.9. The molecule has 0 spiro atoms. The smallest absolute Gasteiger partial charge is 0.340 e. The van der Waals surface area contributed by atoms with Gasteiger partial charge >= 0.3 is 11.6 Å². The third-order valence-electron chi connectivity index (χ3n) is 6.41. The maximum absolute atomic E-state index is 13.1. The fourth-order valence-corrected chi connectivity index (χ4v) is 4.46. The van der Waals surface area contributed by atoms with Gasteiger partial charge in [-0.25, -0.2) is 4.79 Å². The van der Waals surface area contributed by atoms with Crippen molar-refractivity contribution in [3.8, 4) is 11.5 Å². The Morgan fingerprint density at radius 1 is 1.19 bits per heavy atom. The van der Waals surface area contributed by atoms with Gasteiger partial charge in [0.25, 0.3) is 5.91 Å². The van der Waals surface area contributed by atoms with Crippen LogP contribution in [0.3, 0.4) is 0 Å². The summed E-state index contributed by atoms with van der Waals surface area (Å²) in [6.45, 7) is 5.84. The van der Waals surface area contributed by atoms with Gasteiger partial charge in [-0.15, -0.1) is 0 Å². The van der Waals surface area contributed by atoms with E-state index in [9.17, 15) is 14.4 Å². The van der Waals surface area contributed by atoms with Crippen LogP contribution in [0.4, 0.5) is 0 Å². The predicted molar refractivity (Wildman–Crippen MR) is 135 cm³/mol. The average Bonchev–Trinajstić information content (AvgIpc) is 2.82. The molecule has 0 bridgehead atoms. The summed E-state index contributed by atoms with van der Waals surface area (Å²) in [5.41, 5.74) is 2.73. The summed E-state index contributed by atoms with van der Waals surface area (Å²) in [4.78, 5) is 36.1. The SMILES string of the molecule is Cc1c(Cc2ccccc2)c(=O)oc2c3c(cc(OCC(=O)NCCCC(=O)O)c12)OC(C)(C)CC3. The first-order valence-electron chi connectivity index (χ1n) is 12.1. The largest absolute Gasteiger partial charge is 0.487 e. The summed E-state index contributed by atoms with van der Waals surface area (Å²) in [7, 11) is 0. The van der Waals surface area contributed by atoms with E-state index < -0.39 is 11.6 Å². The Morgan fingerprint density at radius 2 is 1.94 bits per heavy atom. The van der Waals surface area contributed by atoms with Gasteiger partial charge in [-0.2, -0.15) is 0 Å². The molecule has 2 aromatic carbocycles. The molecule has 0 fully saturated rings. The molecule has 2 heterocycles. The highest BCUT2D eigenvalue weighted by atomic mass is 16.5. The maximum atomic E-state index is 13.1. The van der Waals surface area contributed by atoms with Crippen LogP contribution in [0.25, 0.3) is 11.0 Å². The second-order valence-electron chi connectivity index (χ2n) is 9.71. The van der Waals surface area contributed by atoms with Crippen molar-refractivity contribution in [2.24, 2.45) is 0 Å². The molecule has 3 aromatic rings. The number of carboxylic acid groups (broad SMARTS) is 1. The molecular formula is C28H31NO7. The summed E-state index contributed by atoms with van der Waals surface area (Å²) in [6.07, 6.45) is 2.17. The lowest BCUT2D eigenvalue weighted by molar-refractivity contribution is -0.137. The Bertz CT molecular complexity index is 1340. The number of carboxylic acids is 1. The molecule has 190 valence electrons. The van der Waals surface area contributed by atoms with E-state index in [1.807, 2.05) is 51.1 Å². The first-order valence-corrected chi connectivity index (χ1v) is 12.1. The van der Waals surface area contributed by atoms with Gasteiger partial charge in [0.2, 0.25) is 0 Å². The van der Waals surface area contributed by atoms with E-state index in [0.717, 1.165) is 23.1 Å². The number of aryl methyl sites for hydroxylation is 2. The van der Waals surface area contributed by atoms with Crippen LogP contribution in [0.5, 0.6) is 11.5 Å². The zero-order valence-electron chi connectivity index (χ0n) is 20.8. The number of carbonyl (C=O) groups excluding carboxylic acids is 1. The minimum atomic E-state index is -0.910. The Balaban J connectivity index is 1.70. The number of amides is 1. The van der Waals surface area contributed by atoms with E-state index in [1.54, 1.807) is 6.07 Å². The molecule has 4 rings (SSSR count). The van der Waals surface area contributed by atoms with Crippen LogP contribution in [0.1, 0.15) is 55.4 Å². The molecule has 0 saturated carbocycles. The minimum Gasteiger partial charge on any atom is -0.487 e. The van der Waals surface area contributed by atoms with Crippen molar-refractivity contribution in [2.75, 3.05) is 13.2 Å². The van der Waals surface area contributed by atoms with Crippen molar-refractivity contribution in [1.29, 1.82) is 0 Å². The van der Waals surface area contributed by atoms with Gasteiger partial charge in [-0.05, 0) is 51.2 Å². The Hall–Kier alpha value is -3.81. The van der Waals surface area contributed by atoms with Crippen molar-refractivity contribution in [3.05, 3.63) is 69.1 Å². The molecule has 8 heteroatoms.